The molecule has 0 spiro atoms. The molecule has 0 radical (unpaired) electrons. The lowest BCUT2D eigenvalue weighted by Gasteiger charge is -2.29. The summed E-state index contributed by atoms with van der Waals surface area (Å²) in [4.78, 5) is 23.9. The van der Waals surface area contributed by atoms with Crippen LogP contribution in [-0.4, -0.2) is 32.8 Å². The molecule has 7 nitrogen and oxygen atoms in total. The van der Waals surface area contributed by atoms with E-state index in [1.807, 2.05) is 0 Å². The van der Waals surface area contributed by atoms with Crippen molar-refractivity contribution in [3.8, 4) is 0 Å². The molecule has 1 aliphatic carbocycles. The molecule has 0 heterocycles. The topological polar surface area (TPSA) is 118 Å². The highest BCUT2D eigenvalue weighted by molar-refractivity contribution is 7.89. The van der Waals surface area contributed by atoms with E-state index in [1.165, 1.54) is 18.6 Å². The molecule has 2 amide bonds. The molecule has 1 saturated carbocycles. The second kappa shape index (κ2) is 8.44. The molecule has 0 saturated heterocycles. The van der Waals surface area contributed by atoms with Crippen LogP contribution in [0.1, 0.15) is 38.2 Å². The minimum absolute atomic E-state index is 0.0428. The van der Waals surface area contributed by atoms with Gasteiger partial charge in [-0.2, -0.15) is 0 Å². The standard InChI is InChI=1S/C17H25N3O4S/c1-12-4-2-3-5-15(12)20-17(22)16(21)19-11-10-13-6-8-14(9-7-13)25(18,23)24/h6-9,12,15H,2-5,10-11H2,1H3,(H,19,21)(H,20,22)(H2,18,23,24). The zero-order chi connectivity index (χ0) is 18.4. The van der Waals surface area contributed by atoms with Crippen LogP contribution >= 0.6 is 0 Å². The van der Waals surface area contributed by atoms with Gasteiger partial charge >= 0.3 is 11.8 Å². The number of primary sulfonamides is 1. The van der Waals surface area contributed by atoms with E-state index in [2.05, 4.69) is 17.6 Å². The van der Waals surface area contributed by atoms with Gasteiger partial charge in [0.25, 0.3) is 0 Å². The SMILES string of the molecule is CC1CCCCC1NC(=O)C(=O)NCCc1ccc(S(N)(=O)=O)cc1. The Balaban J connectivity index is 1.77. The molecule has 1 aromatic rings. The van der Waals surface area contributed by atoms with Crippen LogP contribution in [-0.2, 0) is 26.0 Å². The molecule has 138 valence electrons. The van der Waals surface area contributed by atoms with Crippen molar-refractivity contribution in [2.75, 3.05) is 6.54 Å². The van der Waals surface area contributed by atoms with Gasteiger partial charge < -0.3 is 10.6 Å². The van der Waals surface area contributed by atoms with Gasteiger partial charge in [-0.25, -0.2) is 13.6 Å². The van der Waals surface area contributed by atoms with E-state index in [0.29, 0.717) is 18.9 Å². The molecule has 4 N–H and O–H groups in total. The lowest BCUT2D eigenvalue weighted by atomic mass is 9.86. The van der Waals surface area contributed by atoms with E-state index >= 15 is 0 Å². The van der Waals surface area contributed by atoms with Gasteiger partial charge in [-0.3, -0.25) is 9.59 Å². The van der Waals surface area contributed by atoms with E-state index in [-0.39, 0.29) is 10.9 Å². The van der Waals surface area contributed by atoms with Gasteiger partial charge in [-0.15, -0.1) is 0 Å². The maximum atomic E-state index is 12.0. The molecular weight excluding hydrogens is 342 g/mol. The van der Waals surface area contributed by atoms with Crippen LogP contribution in [0.25, 0.3) is 0 Å². The Morgan fingerprint density at radius 1 is 1.12 bits per heavy atom. The first kappa shape index (κ1) is 19.4. The second-order valence-corrected chi connectivity index (χ2v) is 8.10. The van der Waals surface area contributed by atoms with Crippen LogP contribution in [0.2, 0.25) is 0 Å². The van der Waals surface area contributed by atoms with Crippen LogP contribution < -0.4 is 15.8 Å². The molecule has 2 atom stereocenters. The van der Waals surface area contributed by atoms with Gasteiger partial charge in [0, 0.05) is 12.6 Å². The highest BCUT2D eigenvalue weighted by atomic mass is 32.2. The number of carbonyl (C=O) groups excluding carboxylic acids is 2. The predicted molar refractivity (Wildman–Crippen MR) is 94.1 cm³/mol. The molecule has 0 aliphatic heterocycles. The van der Waals surface area contributed by atoms with Crippen molar-refractivity contribution in [1.82, 2.24) is 10.6 Å². The Morgan fingerprint density at radius 2 is 1.76 bits per heavy atom. The Hall–Kier alpha value is -1.93. The van der Waals surface area contributed by atoms with Crippen molar-refractivity contribution in [3.05, 3.63) is 29.8 Å². The molecule has 0 bridgehead atoms. The number of sulfonamides is 1. The first-order chi connectivity index (χ1) is 11.8. The maximum absolute atomic E-state index is 12.0. The number of rotatable bonds is 5. The monoisotopic (exact) mass is 367 g/mol. The molecule has 1 aromatic carbocycles. The third-order valence-electron chi connectivity index (χ3n) is 4.59. The normalized spacial score (nSPS) is 20.7. The zero-order valence-corrected chi connectivity index (χ0v) is 15.1. The molecule has 1 fully saturated rings. The van der Waals surface area contributed by atoms with Crippen molar-refractivity contribution in [1.29, 1.82) is 0 Å². The van der Waals surface area contributed by atoms with Gasteiger partial charge in [-0.1, -0.05) is 31.9 Å². The minimum Gasteiger partial charge on any atom is -0.348 e. The van der Waals surface area contributed by atoms with Gasteiger partial charge in [-0.05, 0) is 42.9 Å². The van der Waals surface area contributed by atoms with Crippen LogP contribution in [0.5, 0.6) is 0 Å². The zero-order valence-electron chi connectivity index (χ0n) is 14.3. The van der Waals surface area contributed by atoms with Crippen molar-refractivity contribution < 1.29 is 18.0 Å². The van der Waals surface area contributed by atoms with Crippen molar-refractivity contribution in [3.63, 3.8) is 0 Å². The van der Waals surface area contributed by atoms with Gasteiger partial charge in [0.15, 0.2) is 0 Å². The third-order valence-corrected chi connectivity index (χ3v) is 5.51. The summed E-state index contributed by atoms with van der Waals surface area (Å²) in [6.45, 7) is 2.38. The van der Waals surface area contributed by atoms with E-state index in [9.17, 15) is 18.0 Å². The summed E-state index contributed by atoms with van der Waals surface area (Å²) in [5.74, 6) is -0.843. The molecule has 8 heteroatoms. The summed E-state index contributed by atoms with van der Waals surface area (Å²) in [6, 6.07) is 6.18. The third kappa shape index (κ3) is 5.82. The van der Waals surface area contributed by atoms with Crippen LogP contribution in [0.15, 0.2) is 29.2 Å². The first-order valence-electron chi connectivity index (χ1n) is 8.48. The number of carbonyl (C=O) groups is 2. The van der Waals surface area contributed by atoms with Crippen LogP contribution in [0.3, 0.4) is 0 Å². The van der Waals surface area contributed by atoms with E-state index in [4.69, 9.17) is 5.14 Å². The Kier molecular flexibility index (Phi) is 6.55. The molecule has 25 heavy (non-hydrogen) atoms. The van der Waals surface area contributed by atoms with Crippen molar-refractivity contribution >= 4 is 21.8 Å². The van der Waals surface area contributed by atoms with Crippen molar-refractivity contribution in [2.45, 2.75) is 50.0 Å². The number of hydrogen-bond acceptors (Lipinski definition) is 4. The highest BCUT2D eigenvalue weighted by Gasteiger charge is 2.25. The van der Waals surface area contributed by atoms with Crippen molar-refractivity contribution in [2.24, 2.45) is 11.1 Å². The quantitative estimate of drug-likeness (QED) is 0.663. The summed E-state index contributed by atoms with van der Waals surface area (Å²) in [5.41, 5.74) is 0.842. The smallest absolute Gasteiger partial charge is 0.309 e. The van der Waals surface area contributed by atoms with E-state index < -0.39 is 21.8 Å². The van der Waals surface area contributed by atoms with E-state index in [1.54, 1.807) is 12.1 Å². The molecule has 2 rings (SSSR count). The average molecular weight is 367 g/mol. The fourth-order valence-electron chi connectivity index (χ4n) is 3.01. The number of nitrogens with one attached hydrogen (secondary N) is 2. The second-order valence-electron chi connectivity index (χ2n) is 6.54. The van der Waals surface area contributed by atoms with Gasteiger partial charge in [0.2, 0.25) is 10.0 Å². The van der Waals surface area contributed by atoms with Crippen LogP contribution in [0, 0.1) is 5.92 Å². The van der Waals surface area contributed by atoms with Crippen LogP contribution in [0.4, 0.5) is 0 Å². The summed E-state index contributed by atoms with van der Waals surface area (Å²) in [7, 11) is -3.71. The first-order valence-corrected chi connectivity index (χ1v) is 10.0. The molecule has 1 aliphatic rings. The summed E-state index contributed by atoms with van der Waals surface area (Å²) >= 11 is 0. The number of hydrogen-bond donors (Lipinski definition) is 3. The average Bonchev–Trinajstić information content (AvgIpc) is 2.56. The summed E-state index contributed by atoms with van der Waals surface area (Å²) in [6.07, 6.45) is 4.72. The molecular formula is C17H25N3O4S. The maximum Gasteiger partial charge on any atom is 0.309 e. The fraction of sp³-hybridized carbons (Fsp3) is 0.529. The number of benzene rings is 1. The van der Waals surface area contributed by atoms with E-state index in [0.717, 1.165) is 24.8 Å². The molecule has 2 unspecified atom stereocenters. The summed E-state index contributed by atoms with van der Waals surface area (Å²) < 4.78 is 22.4. The highest BCUT2D eigenvalue weighted by Crippen LogP contribution is 2.23. The van der Waals surface area contributed by atoms with Gasteiger partial charge in [0.1, 0.15) is 0 Å². The summed E-state index contributed by atoms with van der Waals surface area (Å²) in [5, 5.41) is 10.4. The Morgan fingerprint density at radius 3 is 2.36 bits per heavy atom. The number of nitrogens with two attached hydrogens (primary N) is 1. The Bertz CT molecular complexity index is 716. The largest absolute Gasteiger partial charge is 0.348 e. The number of amides is 2. The minimum atomic E-state index is -3.71. The lowest BCUT2D eigenvalue weighted by molar-refractivity contribution is -0.139. The predicted octanol–water partition coefficient (Wildman–Crippen LogP) is 0.688. The Labute approximate surface area is 148 Å². The lowest BCUT2D eigenvalue weighted by Crippen LogP contribution is -2.48. The fourth-order valence-corrected chi connectivity index (χ4v) is 3.53. The van der Waals surface area contributed by atoms with Gasteiger partial charge in [0.05, 0.1) is 4.90 Å². The molecule has 0 aromatic heterocycles.